The van der Waals surface area contributed by atoms with Gasteiger partial charge in [-0.05, 0) is 0 Å². The Morgan fingerprint density at radius 1 is 1.32 bits per heavy atom. The Morgan fingerprint density at radius 2 is 2.12 bits per heavy atom. The summed E-state index contributed by atoms with van der Waals surface area (Å²) < 4.78 is 13.1. The van der Waals surface area contributed by atoms with Crippen LogP contribution in [0.5, 0.6) is 0 Å². The summed E-state index contributed by atoms with van der Waals surface area (Å²) in [6.07, 6.45) is 5.60. The number of fused-ring (bicyclic) bond motifs is 2. The van der Waals surface area contributed by atoms with Crippen molar-refractivity contribution in [3.63, 3.8) is 0 Å². The Balaban J connectivity index is 1.55. The Kier molecular flexibility index (Phi) is 3.79. The predicted molar refractivity (Wildman–Crippen MR) is 84.5 cm³/mol. The molecule has 25 heavy (non-hydrogen) atoms. The lowest BCUT2D eigenvalue weighted by molar-refractivity contribution is -0.171. The molecular formula is C16H19N5O4. The normalized spacial score (nSPS) is 21.8. The maximum absolute atomic E-state index is 12.4. The summed E-state index contributed by atoms with van der Waals surface area (Å²) in [6, 6.07) is 1.55. The molecular weight excluding hydrogens is 326 g/mol. The number of rotatable bonds is 2. The summed E-state index contributed by atoms with van der Waals surface area (Å²) in [5, 5.41) is 6.22. The number of nitrogens with one attached hydrogen (secondary N) is 1. The molecule has 2 amide bonds. The smallest absolute Gasteiger partial charge is 0.292 e. The molecule has 1 saturated heterocycles. The van der Waals surface area contributed by atoms with Crippen LogP contribution in [0.15, 0.2) is 29.2 Å². The SMILES string of the molecule is CNC(=O)C1Cn2ccnc2C2(CCN(C(=O)c3ccno3)CC2)O1. The molecule has 1 fully saturated rings. The number of nitrogens with zero attached hydrogens (tertiary/aromatic N) is 4. The van der Waals surface area contributed by atoms with E-state index in [1.807, 2.05) is 10.8 Å². The van der Waals surface area contributed by atoms with Crippen molar-refractivity contribution in [2.45, 2.75) is 31.1 Å². The highest BCUT2D eigenvalue weighted by Crippen LogP contribution is 2.40. The van der Waals surface area contributed by atoms with Gasteiger partial charge in [0.1, 0.15) is 11.4 Å². The zero-order valence-corrected chi connectivity index (χ0v) is 13.8. The van der Waals surface area contributed by atoms with E-state index in [0.29, 0.717) is 32.5 Å². The van der Waals surface area contributed by atoms with Crippen LogP contribution in [0.1, 0.15) is 29.2 Å². The van der Waals surface area contributed by atoms with Crippen LogP contribution in [-0.4, -0.2) is 57.7 Å². The monoisotopic (exact) mass is 345 g/mol. The predicted octanol–water partition coefficient (Wildman–Crippen LogP) is 0.147. The minimum atomic E-state index is -0.656. The van der Waals surface area contributed by atoms with Gasteiger partial charge in [-0.25, -0.2) is 4.98 Å². The highest BCUT2D eigenvalue weighted by molar-refractivity contribution is 5.91. The van der Waals surface area contributed by atoms with Gasteiger partial charge in [-0.2, -0.15) is 0 Å². The van der Waals surface area contributed by atoms with Crippen LogP contribution in [0.2, 0.25) is 0 Å². The van der Waals surface area contributed by atoms with Crippen molar-refractivity contribution in [2.24, 2.45) is 0 Å². The molecule has 9 nitrogen and oxygen atoms in total. The van der Waals surface area contributed by atoms with E-state index in [1.165, 1.54) is 6.20 Å². The van der Waals surface area contributed by atoms with Crippen LogP contribution in [0.4, 0.5) is 0 Å². The second-order valence-corrected chi connectivity index (χ2v) is 6.29. The molecule has 1 N–H and O–H groups in total. The average Bonchev–Trinajstić information content (AvgIpc) is 3.33. The van der Waals surface area contributed by atoms with E-state index in [2.05, 4.69) is 15.5 Å². The minimum Gasteiger partial charge on any atom is -0.357 e. The van der Waals surface area contributed by atoms with Gasteiger partial charge in [-0.15, -0.1) is 0 Å². The number of aromatic nitrogens is 3. The molecule has 1 unspecified atom stereocenters. The quantitative estimate of drug-likeness (QED) is 0.831. The lowest BCUT2D eigenvalue weighted by Gasteiger charge is -2.45. The summed E-state index contributed by atoms with van der Waals surface area (Å²) in [4.78, 5) is 30.7. The molecule has 9 heteroatoms. The van der Waals surface area contributed by atoms with Crippen molar-refractivity contribution in [1.29, 1.82) is 0 Å². The molecule has 4 rings (SSSR count). The number of ether oxygens (including phenoxy) is 1. The van der Waals surface area contributed by atoms with Gasteiger partial charge < -0.3 is 24.0 Å². The largest absolute Gasteiger partial charge is 0.357 e. The number of carbonyl (C=O) groups excluding carboxylic acids is 2. The maximum Gasteiger partial charge on any atom is 0.292 e. The maximum atomic E-state index is 12.4. The van der Waals surface area contributed by atoms with Crippen molar-refractivity contribution in [2.75, 3.05) is 20.1 Å². The van der Waals surface area contributed by atoms with E-state index < -0.39 is 11.7 Å². The highest BCUT2D eigenvalue weighted by atomic mass is 16.5. The standard InChI is InChI=1S/C16H19N5O4/c1-17-13(22)12-10-21-9-6-18-15(21)16(24-12)3-7-20(8-4-16)14(23)11-2-5-19-25-11/h2,5-6,9,12H,3-4,7-8,10H2,1H3,(H,17,22). The number of piperidine rings is 1. The molecule has 132 valence electrons. The summed E-state index contributed by atoms with van der Waals surface area (Å²) in [7, 11) is 1.60. The van der Waals surface area contributed by atoms with Gasteiger partial charge >= 0.3 is 0 Å². The number of hydrogen-bond acceptors (Lipinski definition) is 6. The fourth-order valence-corrected chi connectivity index (χ4v) is 3.59. The van der Waals surface area contributed by atoms with Gasteiger partial charge in [0.05, 0.1) is 12.7 Å². The molecule has 0 saturated carbocycles. The molecule has 1 spiro atoms. The molecule has 2 aliphatic heterocycles. The summed E-state index contributed by atoms with van der Waals surface area (Å²) in [5.41, 5.74) is -0.656. The number of hydrogen-bond donors (Lipinski definition) is 1. The van der Waals surface area contributed by atoms with Crippen LogP contribution in [0.25, 0.3) is 0 Å². The van der Waals surface area contributed by atoms with E-state index in [0.717, 1.165) is 5.82 Å². The average molecular weight is 345 g/mol. The van der Waals surface area contributed by atoms with Gasteiger partial charge in [0.25, 0.3) is 11.8 Å². The van der Waals surface area contributed by atoms with E-state index in [1.54, 1.807) is 24.2 Å². The number of imidazole rings is 1. The van der Waals surface area contributed by atoms with Gasteiger partial charge in [0.2, 0.25) is 5.76 Å². The second kappa shape index (κ2) is 5.99. The fourth-order valence-electron chi connectivity index (χ4n) is 3.59. The Morgan fingerprint density at radius 3 is 2.80 bits per heavy atom. The zero-order valence-electron chi connectivity index (χ0n) is 13.8. The third kappa shape index (κ3) is 2.60. The molecule has 4 heterocycles. The van der Waals surface area contributed by atoms with E-state index in [-0.39, 0.29) is 17.6 Å². The third-order valence-electron chi connectivity index (χ3n) is 4.90. The van der Waals surface area contributed by atoms with Crippen LogP contribution < -0.4 is 5.32 Å². The van der Waals surface area contributed by atoms with Gasteiger partial charge in [0, 0.05) is 51.4 Å². The number of carbonyl (C=O) groups is 2. The first kappa shape index (κ1) is 15.8. The highest BCUT2D eigenvalue weighted by Gasteiger charge is 2.47. The van der Waals surface area contributed by atoms with Crippen LogP contribution in [0.3, 0.4) is 0 Å². The lowest BCUT2D eigenvalue weighted by atomic mass is 9.88. The Labute approximate surface area is 143 Å². The fraction of sp³-hybridized carbons (Fsp3) is 0.500. The van der Waals surface area contributed by atoms with Gasteiger partial charge in [0.15, 0.2) is 6.10 Å². The van der Waals surface area contributed by atoms with Crippen LogP contribution in [-0.2, 0) is 21.7 Å². The number of likely N-dealkylation sites (N-methyl/N-ethyl adjacent to an activating group) is 1. The topological polar surface area (TPSA) is 102 Å². The molecule has 0 radical (unpaired) electrons. The van der Waals surface area contributed by atoms with E-state index >= 15 is 0 Å². The number of amides is 2. The first-order chi connectivity index (χ1) is 12.1. The number of likely N-dealkylation sites (tertiary alicyclic amines) is 1. The summed E-state index contributed by atoms with van der Waals surface area (Å²) >= 11 is 0. The van der Waals surface area contributed by atoms with Gasteiger partial charge in [-0.3, -0.25) is 9.59 Å². The third-order valence-corrected chi connectivity index (χ3v) is 4.90. The lowest BCUT2D eigenvalue weighted by Crippen LogP contribution is -2.54. The molecule has 0 bridgehead atoms. The van der Waals surface area contributed by atoms with E-state index in [9.17, 15) is 9.59 Å². The second-order valence-electron chi connectivity index (χ2n) is 6.29. The van der Waals surface area contributed by atoms with Crippen molar-refractivity contribution >= 4 is 11.8 Å². The molecule has 0 aliphatic carbocycles. The first-order valence-electron chi connectivity index (χ1n) is 8.24. The first-order valence-corrected chi connectivity index (χ1v) is 8.24. The molecule has 0 aromatic carbocycles. The van der Waals surface area contributed by atoms with Gasteiger partial charge in [-0.1, -0.05) is 5.16 Å². The van der Waals surface area contributed by atoms with Crippen molar-refractivity contribution in [3.05, 3.63) is 36.2 Å². The van der Waals surface area contributed by atoms with Crippen LogP contribution in [0, 0.1) is 0 Å². The van der Waals surface area contributed by atoms with Crippen molar-refractivity contribution in [1.82, 2.24) is 24.9 Å². The summed E-state index contributed by atoms with van der Waals surface area (Å²) in [5.74, 6) is 0.706. The molecule has 1 atom stereocenters. The zero-order chi connectivity index (χ0) is 17.4. The molecule has 2 aliphatic rings. The van der Waals surface area contributed by atoms with Crippen molar-refractivity contribution < 1.29 is 18.8 Å². The minimum absolute atomic E-state index is 0.154. The summed E-state index contributed by atoms with van der Waals surface area (Å²) in [6.45, 7) is 1.43. The molecule has 2 aromatic rings. The molecule has 2 aromatic heterocycles. The Bertz CT molecular complexity index is 776. The van der Waals surface area contributed by atoms with E-state index in [4.69, 9.17) is 9.26 Å². The van der Waals surface area contributed by atoms with Crippen molar-refractivity contribution in [3.8, 4) is 0 Å². The Hall–Kier alpha value is -2.68. The van der Waals surface area contributed by atoms with Crippen LogP contribution >= 0.6 is 0 Å².